The third-order valence-corrected chi connectivity index (χ3v) is 5.53. The zero-order chi connectivity index (χ0) is 24.7. The summed E-state index contributed by atoms with van der Waals surface area (Å²) in [5.41, 5.74) is 1.05. The van der Waals surface area contributed by atoms with Crippen molar-refractivity contribution < 1.29 is 32.8 Å². The minimum Gasteiger partial charge on any atom is -0.435 e. The Morgan fingerprint density at radius 1 is 1.09 bits per heavy atom. The molecule has 3 aromatic rings. The van der Waals surface area contributed by atoms with Crippen molar-refractivity contribution in [3.63, 3.8) is 0 Å². The first-order valence-electron chi connectivity index (χ1n) is 10.0. The van der Waals surface area contributed by atoms with Crippen LogP contribution in [0.15, 0.2) is 48.5 Å². The maximum atomic E-state index is 13.1. The molecule has 0 saturated carbocycles. The summed E-state index contributed by atoms with van der Waals surface area (Å²) in [7, 11) is 0. The maximum absolute atomic E-state index is 13.1. The number of hydrogen-bond acceptors (Lipinski definition) is 6. The number of ketones is 1. The molecule has 1 aliphatic heterocycles. The number of nitro groups is 1. The second-order valence-electron chi connectivity index (χ2n) is 7.57. The molecule has 0 atom stereocenters. The molecule has 0 N–H and O–H groups in total. The summed E-state index contributed by atoms with van der Waals surface area (Å²) >= 11 is 0. The molecule has 0 unspecified atom stereocenters. The van der Waals surface area contributed by atoms with Gasteiger partial charge in [0, 0.05) is 28.7 Å². The Balaban J connectivity index is 1.60. The molecule has 174 valence electrons. The van der Waals surface area contributed by atoms with Crippen LogP contribution in [0.5, 0.6) is 5.75 Å². The third-order valence-electron chi connectivity index (χ3n) is 5.53. The van der Waals surface area contributed by atoms with Gasteiger partial charge < -0.3 is 9.30 Å². The number of imide groups is 1. The molecule has 2 aromatic carbocycles. The molecule has 0 bridgehead atoms. The molecule has 2 heterocycles. The van der Waals surface area contributed by atoms with Crippen LogP contribution in [-0.2, 0) is 0 Å². The molecule has 0 saturated heterocycles. The number of carbonyl (C=O) groups excluding carboxylic acids is 3. The second kappa shape index (κ2) is 8.50. The fourth-order valence-corrected chi connectivity index (χ4v) is 4.06. The molecule has 0 radical (unpaired) electrons. The van der Waals surface area contributed by atoms with Crippen molar-refractivity contribution in [2.45, 2.75) is 20.5 Å². The van der Waals surface area contributed by atoms with Gasteiger partial charge in [-0.2, -0.15) is 8.78 Å². The lowest BCUT2D eigenvalue weighted by Crippen LogP contribution is -2.35. The van der Waals surface area contributed by atoms with E-state index < -0.39 is 41.4 Å². The molecule has 11 heteroatoms. The quantitative estimate of drug-likeness (QED) is 0.223. The lowest BCUT2D eigenvalue weighted by Gasteiger charge is -2.13. The molecule has 4 rings (SSSR count). The molecule has 0 aliphatic carbocycles. The number of carbonyl (C=O) groups is 3. The van der Waals surface area contributed by atoms with Crippen LogP contribution in [0.25, 0.3) is 5.69 Å². The number of hydrogen-bond donors (Lipinski definition) is 0. The highest BCUT2D eigenvalue weighted by Crippen LogP contribution is 2.31. The molecule has 0 fully saturated rings. The molecule has 2 amide bonds. The van der Waals surface area contributed by atoms with Crippen LogP contribution in [0.4, 0.5) is 14.5 Å². The number of rotatable bonds is 7. The second-order valence-corrected chi connectivity index (χ2v) is 7.57. The number of nitro benzene ring substituents is 1. The number of benzene rings is 2. The van der Waals surface area contributed by atoms with Gasteiger partial charge in [0.2, 0.25) is 0 Å². The average Bonchev–Trinajstić information content (AvgIpc) is 3.22. The van der Waals surface area contributed by atoms with Crippen LogP contribution < -0.4 is 4.74 Å². The van der Waals surface area contributed by atoms with Crippen LogP contribution in [0.1, 0.15) is 42.5 Å². The van der Waals surface area contributed by atoms with E-state index in [9.17, 15) is 33.3 Å². The number of aryl methyl sites for hydroxylation is 1. The van der Waals surface area contributed by atoms with Crippen molar-refractivity contribution in [1.82, 2.24) is 9.47 Å². The van der Waals surface area contributed by atoms with E-state index in [1.54, 1.807) is 36.6 Å². The lowest BCUT2D eigenvalue weighted by molar-refractivity contribution is -0.385. The number of alkyl halides is 2. The topological polar surface area (TPSA) is 112 Å². The minimum atomic E-state index is -2.95. The smallest absolute Gasteiger partial charge is 0.387 e. The Bertz CT molecular complexity index is 1350. The normalized spacial score (nSPS) is 12.9. The van der Waals surface area contributed by atoms with Gasteiger partial charge in [-0.3, -0.25) is 29.4 Å². The summed E-state index contributed by atoms with van der Waals surface area (Å²) in [4.78, 5) is 49.7. The van der Waals surface area contributed by atoms with Crippen molar-refractivity contribution in [2.24, 2.45) is 0 Å². The van der Waals surface area contributed by atoms with Gasteiger partial charge in [-0.15, -0.1) is 0 Å². The van der Waals surface area contributed by atoms with Crippen molar-refractivity contribution in [3.05, 3.63) is 86.7 Å². The largest absolute Gasteiger partial charge is 0.435 e. The Kier molecular flexibility index (Phi) is 5.70. The zero-order valence-electron chi connectivity index (χ0n) is 18.0. The molecule has 1 aliphatic rings. The van der Waals surface area contributed by atoms with E-state index >= 15 is 0 Å². The standard InChI is InChI=1S/C23H17F2N3O6/c1-12-10-17(13(2)27(12)14-6-8-15(9-7-14)34-23(24)25)19(29)11-26-21(30)16-4-3-5-18(28(32)33)20(16)22(26)31/h3-10,23H,11H2,1-2H3. The van der Waals surface area contributed by atoms with Crippen LogP contribution in [0, 0.1) is 24.0 Å². The van der Waals surface area contributed by atoms with Gasteiger partial charge in [-0.1, -0.05) is 6.07 Å². The monoisotopic (exact) mass is 469 g/mol. The van der Waals surface area contributed by atoms with Crippen LogP contribution >= 0.6 is 0 Å². The molecule has 9 nitrogen and oxygen atoms in total. The van der Waals surface area contributed by atoms with Gasteiger partial charge >= 0.3 is 6.61 Å². The fourth-order valence-electron chi connectivity index (χ4n) is 4.06. The van der Waals surface area contributed by atoms with Gasteiger partial charge in [0.15, 0.2) is 5.78 Å². The number of fused-ring (bicyclic) bond motifs is 1. The molecular formula is C23H17F2N3O6. The summed E-state index contributed by atoms with van der Waals surface area (Å²) in [5.74, 6) is -2.23. The number of aromatic nitrogens is 1. The summed E-state index contributed by atoms with van der Waals surface area (Å²) in [6.07, 6.45) is 0. The van der Waals surface area contributed by atoms with E-state index in [0.29, 0.717) is 22.0 Å². The predicted molar refractivity (Wildman–Crippen MR) is 115 cm³/mol. The molecular weight excluding hydrogens is 452 g/mol. The van der Waals surface area contributed by atoms with Crippen molar-refractivity contribution >= 4 is 23.3 Å². The first-order valence-corrected chi connectivity index (χ1v) is 10.0. The van der Waals surface area contributed by atoms with Gasteiger partial charge in [0.05, 0.1) is 17.0 Å². The maximum Gasteiger partial charge on any atom is 0.387 e. The average molecular weight is 469 g/mol. The predicted octanol–water partition coefficient (Wildman–Crippen LogP) is 4.08. The van der Waals surface area contributed by atoms with Crippen LogP contribution in [0.2, 0.25) is 0 Å². The van der Waals surface area contributed by atoms with E-state index in [1.165, 1.54) is 24.3 Å². The molecule has 34 heavy (non-hydrogen) atoms. The van der Waals surface area contributed by atoms with E-state index in [-0.39, 0.29) is 22.4 Å². The van der Waals surface area contributed by atoms with Gasteiger partial charge in [0.25, 0.3) is 17.5 Å². The summed E-state index contributed by atoms with van der Waals surface area (Å²) in [6.45, 7) is -0.140. The van der Waals surface area contributed by atoms with Crippen molar-refractivity contribution in [2.75, 3.05) is 6.54 Å². The zero-order valence-corrected chi connectivity index (χ0v) is 18.0. The number of nitrogens with zero attached hydrogens (tertiary/aromatic N) is 3. The number of halogens is 2. The highest BCUT2D eigenvalue weighted by Gasteiger charge is 2.42. The Labute approximate surface area is 191 Å². The van der Waals surface area contributed by atoms with Crippen molar-refractivity contribution in [1.29, 1.82) is 0 Å². The Morgan fingerprint density at radius 2 is 1.76 bits per heavy atom. The third kappa shape index (κ3) is 3.81. The van der Waals surface area contributed by atoms with Gasteiger partial charge in [-0.25, -0.2) is 0 Å². The SMILES string of the molecule is Cc1cc(C(=O)CN2C(=O)c3cccc([N+](=O)[O-])c3C2=O)c(C)n1-c1ccc(OC(F)F)cc1. The summed E-state index contributed by atoms with van der Waals surface area (Å²) in [6, 6.07) is 11.2. The molecule has 1 aromatic heterocycles. The first kappa shape index (κ1) is 22.8. The van der Waals surface area contributed by atoms with Crippen LogP contribution in [-0.4, -0.2) is 45.1 Å². The summed E-state index contributed by atoms with van der Waals surface area (Å²) in [5, 5.41) is 11.3. The number of amides is 2. The highest BCUT2D eigenvalue weighted by molar-refractivity contribution is 6.24. The fraction of sp³-hybridized carbons (Fsp3) is 0.174. The molecule has 0 spiro atoms. The van der Waals surface area contributed by atoms with E-state index in [2.05, 4.69) is 4.74 Å². The van der Waals surface area contributed by atoms with E-state index in [4.69, 9.17) is 0 Å². The van der Waals surface area contributed by atoms with E-state index in [0.717, 1.165) is 6.07 Å². The number of ether oxygens (including phenoxy) is 1. The van der Waals surface area contributed by atoms with Gasteiger partial charge in [-0.05, 0) is 50.2 Å². The lowest BCUT2D eigenvalue weighted by atomic mass is 10.1. The highest BCUT2D eigenvalue weighted by atomic mass is 19.3. The number of Topliss-reactive ketones (excluding diaryl/α,β-unsaturated/α-hetero) is 1. The Morgan fingerprint density at radius 3 is 2.38 bits per heavy atom. The Hall–Kier alpha value is -4.41. The first-order chi connectivity index (χ1) is 16.1. The summed E-state index contributed by atoms with van der Waals surface area (Å²) < 4.78 is 30.8. The van der Waals surface area contributed by atoms with E-state index in [1.807, 2.05) is 0 Å². The van der Waals surface area contributed by atoms with Crippen molar-refractivity contribution in [3.8, 4) is 11.4 Å². The van der Waals surface area contributed by atoms with Gasteiger partial charge in [0.1, 0.15) is 11.3 Å². The van der Waals surface area contributed by atoms with Crippen LogP contribution in [0.3, 0.4) is 0 Å². The minimum absolute atomic E-state index is 0.0165.